The van der Waals surface area contributed by atoms with E-state index in [1.54, 1.807) is 6.07 Å². The highest BCUT2D eigenvalue weighted by molar-refractivity contribution is 6.30. The van der Waals surface area contributed by atoms with E-state index in [2.05, 4.69) is 5.32 Å². The van der Waals surface area contributed by atoms with Crippen molar-refractivity contribution in [2.75, 3.05) is 5.32 Å². The van der Waals surface area contributed by atoms with Crippen LogP contribution >= 0.6 is 11.6 Å². The highest BCUT2D eigenvalue weighted by atomic mass is 35.5. The number of hydrogen-bond donors (Lipinski definition) is 1. The Labute approximate surface area is 118 Å². The summed E-state index contributed by atoms with van der Waals surface area (Å²) < 4.78 is 26.8. The third-order valence-corrected chi connectivity index (χ3v) is 2.83. The van der Waals surface area contributed by atoms with Crippen molar-refractivity contribution in [3.63, 3.8) is 0 Å². The molecule has 6 heteroatoms. The molecule has 0 fully saturated rings. The molecule has 0 bridgehead atoms. The van der Waals surface area contributed by atoms with Gasteiger partial charge in [-0.2, -0.15) is 5.26 Å². The van der Waals surface area contributed by atoms with Crippen LogP contribution in [0, 0.1) is 23.0 Å². The van der Waals surface area contributed by atoms with Crippen molar-refractivity contribution in [2.24, 2.45) is 0 Å². The smallest absolute Gasteiger partial charge is 0.255 e. The average molecular weight is 293 g/mol. The molecule has 0 aliphatic carbocycles. The van der Waals surface area contributed by atoms with E-state index in [1.807, 2.05) is 0 Å². The van der Waals surface area contributed by atoms with E-state index in [0.717, 1.165) is 12.1 Å². The lowest BCUT2D eigenvalue weighted by Crippen LogP contribution is -2.13. The molecule has 100 valence electrons. The first-order valence-corrected chi connectivity index (χ1v) is 5.85. The van der Waals surface area contributed by atoms with Crippen molar-refractivity contribution in [3.05, 3.63) is 64.2 Å². The molecule has 0 saturated heterocycles. The number of halogens is 3. The quantitative estimate of drug-likeness (QED) is 0.916. The van der Waals surface area contributed by atoms with E-state index >= 15 is 0 Å². The monoisotopic (exact) mass is 292 g/mol. The Morgan fingerprint density at radius 2 is 1.90 bits per heavy atom. The van der Waals surface area contributed by atoms with Crippen LogP contribution in [0.1, 0.15) is 15.9 Å². The van der Waals surface area contributed by atoms with Crippen LogP contribution in [0.4, 0.5) is 14.5 Å². The van der Waals surface area contributed by atoms with E-state index in [9.17, 15) is 13.6 Å². The summed E-state index contributed by atoms with van der Waals surface area (Å²) in [5.74, 6) is -2.16. The minimum atomic E-state index is -0.744. The first-order valence-electron chi connectivity index (χ1n) is 5.47. The number of hydrogen-bond acceptors (Lipinski definition) is 2. The summed E-state index contributed by atoms with van der Waals surface area (Å²) in [7, 11) is 0. The van der Waals surface area contributed by atoms with Gasteiger partial charge in [0.2, 0.25) is 0 Å². The van der Waals surface area contributed by atoms with Gasteiger partial charge >= 0.3 is 0 Å². The second-order valence-electron chi connectivity index (χ2n) is 3.89. The number of carbonyl (C=O) groups is 1. The maximum Gasteiger partial charge on any atom is 0.255 e. The molecule has 0 aliphatic rings. The summed E-state index contributed by atoms with van der Waals surface area (Å²) in [4.78, 5) is 11.8. The van der Waals surface area contributed by atoms with E-state index in [4.69, 9.17) is 16.9 Å². The Morgan fingerprint density at radius 1 is 1.15 bits per heavy atom. The molecule has 0 saturated carbocycles. The third kappa shape index (κ3) is 2.92. The van der Waals surface area contributed by atoms with E-state index in [1.165, 1.54) is 24.3 Å². The SMILES string of the molecule is N#Cc1ccc(NC(=O)c2ccc(Cl)c(F)c2)c(F)c1. The number of anilines is 1. The number of rotatable bonds is 2. The van der Waals surface area contributed by atoms with E-state index < -0.39 is 17.5 Å². The molecule has 3 nitrogen and oxygen atoms in total. The van der Waals surface area contributed by atoms with Gasteiger partial charge in [0, 0.05) is 5.56 Å². The van der Waals surface area contributed by atoms with Crippen molar-refractivity contribution in [2.45, 2.75) is 0 Å². The Hall–Kier alpha value is -2.45. The fraction of sp³-hybridized carbons (Fsp3) is 0. The topological polar surface area (TPSA) is 52.9 Å². The van der Waals surface area contributed by atoms with Crippen LogP contribution in [0.15, 0.2) is 36.4 Å². The molecule has 0 aromatic heterocycles. The van der Waals surface area contributed by atoms with Gasteiger partial charge < -0.3 is 5.32 Å². The van der Waals surface area contributed by atoms with Gasteiger partial charge in [0.05, 0.1) is 22.3 Å². The summed E-state index contributed by atoms with van der Waals surface area (Å²) in [5.41, 5.74) is 0.0538. The number of carbonyl (C=O) groups excluding carboxylic acids is 1. The van der Waals surface area contributed by atoms with Crippen molar-refractivity contribution in [3.8, 4) is 6.07 Å². The molecule has 0 spiro atoms. The summed E-state index contributed by atoms with van der Waals surface area (Å²) >= 11 is 5.51. The summed E-state index contributed by atoms with van der Waals surface area (Å²) in [6.45, 7) is 0. The number of nitriles is 1. The van der Waals surface area contributed by atoms with Gasteiger partial charge in [0.15, 0.2) is 0 Å². The lowest BCUT2D eigenvalue weighted by Gasteiger charge is -2.07. The summed E-state index contributed by atoms with van der Waals surface area (Å²) in [6, 6.07) is 8.92. The molecule has 0 heterocycles. The van der Waals surface area contributed by atoms with Gasteiger partial charge in [-0.15, -0.1) is 0 Å². The Kier molecular flexibility index (Phi) is 3.97. The highest BCUT2D eigenvalue weighted by Gasteiger charge is 2.11. The second-order valence-corrected chi connectivity index (χ2v) is 4.30. The Morgan fingerprint density at radius 3 is 2.50 bits per heavy atom. The molecular formula is C14H7ClF2N2O. The number of amides is 1. The van der Waals surface area contributed by atoms with Crippen LogP contribution < -0.4 is 5.32 Å². The fourth-order valence-corrected chi connectivity index (χ4v) is 1.64. The predicted octanol–water partition coefficient (Wildman–Crippen LogP) is 3.74. The third-order valence-electron chi connectivity index (χ3n) is 2.53. The second kappa shape index (κ2) is 5.68. The normalized spacial score (nSPS) is 9.90. The van der Waals surface area contributed by atoms with Crippen molar-refractivity contribution in [1.29, 1.82) is 5.26 Å². The zero-order chi connectivity index (χ0) is 14.7. The first kappa shape index (κ1) is 14.0. The van der Waals surface area contributed by atoms with Crippen LogP contribution in [0.2, 0.25) is 5.02 Å². The molecular weight excluding hydrogens is 286 g/mol. The molecule has 0 unspecified atom stereocenters. The summed E-state index contributed by atoms with van der Waals surface area (Å²) in [6.07, 6.45) is 0. The number of benzene rings is 2. The molecule has 0 radical (unpaired) electrons. The molecule has 2 aromatic carbocycles. The van der Waals surface area contributed by atoms with Gasteiger partial charge in [-0.1, -0.05) is 11.6 Å². The largest absolute Gasteiger partial charge is 0.319 e. The van der Waals surface area contributed by atoms with Gasteiger partial charge in [-0.25, -0.2) is 8.78 Å². The van der Waals surface area contributed by atoms with Crippen LogP contribution in [0.3, 0.4) is 0 Å². The van der Waals surface area contributed by atoms with Crippen molar-refractivity contribution < 1.29 is 13.6 Å². The molecule has 0 aliphatic heterocycles. The number of nitrogens with one attached hydrogen (secondary N) is 1. The lowest BCUT2D eigenvalue weighted by molar-refractivity contribution is 0.102. The van der Waals surface area contributed by atoms with E-state index in [-0.39, 0.29) is 21.8 Å². The van der Waals surface area contributed by atoms with Gasteiger partial charge in [-0.05, 0) is 36.4 Å². The predicted molar refractivity (Wildman–Crippen MR) is 70.5 cm³/mol. The maximum absolute atomic E-state index is 13.6. The average Bonchev–Trinajstić information content (AvgIpc) is 2.43. The Balaban J connectivity index is 2.23. The number of nitrogens with zero attached hydrogens (tertiary/aromatic N) is 1. The molecule has 1 N–H and O–H groups in total. The summed E-state index contributed by atoms with van der Waals surface area (Å²) in [5, 5.41) is 10.8. The first-order chi connectivity index (χ1) is 9.51. The standard InChI is InChI=1S/C14H7ClF2N2O/c15-10-3-2-9(6-11(10)16)14(20)19-13-4-1-8(7-18)5-12(13)17/h1-6H,(H,19,20). The van der Waals surface area contributed by atoms with E-state index in [0.29, 0.717) is 0 Å². The lowest BCUT2D eigenvalue weighted by atomic mass is 10.2. The van der Waals surface area contributed by atoms with Crippen LogP contribution in [0.25, 0.3) is 0 Å². The minimum Gasteiger partial charge on any atom is -0.319 e. The molecule has 2 rings (SSSR count). The van der Waals surface area contributed by atoms with Crippen LogP contribution in [-0.2, 0) is 0 Å². The molecule has 1 amide bonds. The van der Waals surface area contributed by atoms with Gasteiger partial charge in [-0.3, -0.25) is 4.79 Å². The van der Waals surface area contributed by atoms with Crippen molar-refractivity contribution in [1.82, 2.24) is 0 Å². The van der Waals surface area contributed by atoms with Crippen molar-refractivity contribution >= 4 is 23.2 Å². The maximum atomic E-state index is 13.6. The molecule has 0 atom stereocenters. The van der Waals surface area contributed by atoms with Crippen LogP contribution in [-0.4, -0.2) is 5.91 Å². The fourth-order valence-electron chi connectivity index (χ4n) is 1.52. The van der Waals surface area contributed by atoms with Gasteiger partial charge in [0.25, 0.3) is 5.91 Å². The van der Waals surface area contributed by atoms with Crippen LogP contribution in [0.5, 0.6) is 0 Å². The molecule has 2 aromatic rings. The molecule has 20 heavy (non-hydrogen) atoms. The highest BCUT2D eigenvalue weighted by Crippen LogP contribution is 2.19. The zero-order valence-corrected chi connectivity index (χ0v) is 10.7. The Bertz CT molecular complexity index is 726. The van der Waals surface area contributed by atoms with Gasteiger partial charge in [0.1, 0.15) is 11.6 Å². The minimum absolute atomic E-state index is 0.00987. The zero-order valence-electron chi connectivity index (χ0n) is 9.95.